The van der Waals surface area contributed by atoms with E-state index in [1.165, 1.54) is 6.07 Å². The minimum absolute atomic E-state index is 0.246. The van der Waals surface area contributed by atoms with E-state index in [0.717, 1.165) is 5.56 Å². The minimum Gasteiger partial charge on any atom is -0.491 e. The summed E-state index contributed by atoms with van der Waals surface area (Å²) in [7, 11) is 0. The van der Waals surface area contributed by atoms with Crippen molar-refractivity contribution in [3.63, 3.8) is 0 Å². The van der Waals surface area contributed by atoms with Crippen molar-refractivity contribution in [2.45, 2.75) is 13.3 Å². The van der Waals surface area contributed by atoms with Crippen molar-refractivity contribution >= 4 is 0 Å². The van der Waals surface area contributed by atoms with Crippen LogP contribution < -0.4 is 4.74 Å². The molecule has 4 nitrogen and oxygen atoms in total. The van der Waals surface area contributed by atoms with E-state index in [4.69, 9.17) is 10.3 Å². The molecule has 15 heavy (non-hydrogen) atoms. The van der Waals surface area contributed by atoms with Crippen molar-refractivity contribution in [3.8, 4) is 5.75 Å². The first-order valence-electron chi connectivity index (χ1n) is 4.64. The van der Waals surface area contributed by atoms with Gasteiger partial charge in [0.05, 0.1) is 6.61 Å². The number of hydrogen-bond donors (Lipinski definition) is 0. The Morgan fingerprint density at radius 2 is 2.33 bits per heavy atom. The molecule has 0 radical (unpaired) electrons. The topological polar surface area (TPSA) is 58.0 Å². The summed E-state index contributed by atoms with van der Waals surface area (Å²) in [6.45, 7) is 2.58. The number of rotatable bonds is 5. The first-order chi connectivity index (χ1) is 7.24. The van der Waals surface area contributed by atoms with Crippen molar-refractivity contribution in [1.29, 1.82) is 0 Å². The van der Waals surface area contributed by atoms with Crippen molar-refractivity contribution in [2.75, 3.05) is 13.2 Å². The maximum Gasteiger partial charge on any atom is 0.165 e. The minimum atomic E-state index is -0.371. The Bertz CT molecular complexity index is 375. The molecule has 0 atom stereocenters. The summed E-state index contributed by atoms with van der Waals surface area (Å²) in [4.78, 5) is 2.61. The zero-order valence-electron chi connectivity index (χ0n) is 8.48. The molecule has 0 amide bonds. The van der Waals surface area contributed by atoms with Gasteiger partial charge < -0.3 is 4.74 Å². The first-order valence-corrected chi connectivity index (χ1v) is 4.64. The highest BCUT2D eigenvalue weighted by Gasteiger charge is 2.02. The number of aryl methyl sites for hydroxylation is 1. The lowest BCUT2D eigenvalue weighted by Gasteiger charge is -2.06. The van der Waals surface area contributed by atoms with Crippen LogP contribution in [-0.2, 0) is 0 Å². The van der Waals surface area contributed by atoms with Gasteiger partial charge in [-0.1, -0.05) is 11.2 Å². The molecule has 0 spiro atoms. The molecule has 0 fully saturated rings. The largest absolute Gasteiger partial charge is 0.491 e. The molecule has 1 rings (SSSR count). The fraction of sp³-hybridized carbons (Fsp3) is 0.400. The van der Waals surface area contributed by atoms with E-state index in [9.17, 15) is 4.39 Å². The van der Waals surface area contributed by atoms with Crippen LogP contribution in [0.25, 0.3) is 10.4 Å². The molecule has 0 saturated heterocycles. The summed E-state index contributed by atoms with van der Waals surface area (Å²) in [6, 6.07) is 4.70. The van der Waals surface area contributed by atoms with Crippen LogP contribution in [0.5, 0.6) is 5.75 Å². The van der Waals surface area contributed by atoms with Gasteiger partial charge in [0.15, 0.2) is 11.6 Å². The Balaban J connectivity index is 2.43. The van der Waals surface area contributed by atoms with Crippen LogP contribution in [0.4, 0.5) is 4.39 Å². The second-order valence-electron chi connectivity index (χ2n) is 3.09. The lowest BCUT2D eigenvalue weighted by Crippen LogP contribution is -2.00. The molecule has 80 valence electrons. The van der Waals surface area contributed by atoms with Crippen LogP contribution in [-0.4, -0.2) is 13.2 Å². The molecular formula is C10H12FN3O. The van der Waals surface area contributed by atoms with E-state index in [1.807, 2.05) is 6.92 Å². The lowest BCUT2D eigenvalue weighted by molar-refractivity contribution is 0.297. The second kappa shape index (κ2) is 5.88. The predicted octanol–water partition coefficient (Wildman–Crippen LogP) is 3.21. The van der Waals surface area contributed by atoms with Gasteiger partial charge in [-0.15, -0.1) is 0 Å². The Hall–Kier alpha value is -1.74. The molecule has 0 N–H and O–H groups in total. The Labute approximate surface area is 87.3 Å². The van der Waals surface area contributed by atoms with Gasteiger partial charge in [0.1, 0.15) is 0 Å². The highest BCUT2D eigenvalue weighted by molar-refractivity contribution is 5.29. The number of ether oxygens (including phenoxy) is 1. The summed E-state index contributed by atoms with van der Waals surface area (Å²) in [5.41, 5.74) is 8.97. The SMILES string of the molecule is Cc1ccc(F)c(OCCCN=[N+]=[N-])c1. The predicted molar refractivity (Wildman–Crippen MR) is 55.3 cm³/mol. The van der Waals surface area contributed by atoms with E-state index >= 15 is 0 Å². The molecule has 0 saturated carbocycles. The van der Waals surface area contributed by atoms with Gasteiger partial charge in [-0.05, 0) is 36.6 Å². The van der Waals surface area contributed by atoms with E-state index in [-0.39, 0.29) is 11.6 Å². The summed E-state index contributed by atoms with van der Waals surface area (Å²) < 4.78 is 18.3. The van der Waals surface area contributed by atoms with Crippen LogP contribution in [0.2, 0.25) is 0 Å². The molecular weight excluding hydrogens is 197 g/mol. The van der Waals surface area contributed by atoms with Gasteiger partial charge in [-0.3, -0.25) is 0 Å². The number of hydrogen-bond acceptors (Lipinski definition) is 2. The van der Waals surface area contributed by atoms with Crippen LogP contribution in [0.1, 0.15) is 12.0 Å². The molecule has 0 aliphatic heterocycles. The number of benzene rings is 1. The van der Waals surface area contributed by atoms with Crippen LogP contribution in [0.3, 0.4) is 0 Å². The smallest absolute Gasteiger partial charge is 0.165 e. The van der Waals surface area contributed by atoms with Crippen LogP contribution >= 0.6 is 0 Å². The number of nitrogens with zero attached hydrogens (tertiary/aromatic N) is 3. The average molecular weight is 209 g/mol. The Morgan fingerprint density at radius 3 is 3.07 bits per heavy atom. The van der Waals surface area contributed by atoms with Crippen molar-refractivity contribution in [3.05, 3.63) is 40.0 Å². The molecule has 0 unspecified atom stereocenters. The third kappa shape index (κ3) is 3.87. The Kier molecular flexibility index (Phi) is 4.44. The maximum absolute atomic E-state index is 13.1. The molecule has 1 aromatic carbocycles. The van der Waals surface area contributed by atoms with Crippen LogP contribution in [0, 0.1) is 12.7 Å². The lowest BCUT2D eigenvalue weighted by atomic mass is 10.2. The molecule has 0 aliphatic rings. The second-order valence-corrected chi connectivity index (χ2v) is 3.09. The third-order valence-electron chi connectivity index (χ3n) is 1.81. The summed E-state index contributed by atoms with van der Waals surface area (Å²) in [5.74, 6) is -0.125. The molecule has 0 aliphatic carbocycles. The van der Waals surface area contributed by atoms with Crippen molar-refractivity contribution in [2.24, 2.45) is 5.11 Å². The third-order valence-corrected chi connectivity index (χ3v) is 1.81. The van der Waals surface area contributed by atoms with E-state index < -0.39 is 0 Å². The van der Waals surface area contributed by atoms with Gasteiger partial charge in [-0.2, -0.15) is 0 Å². The van der Waals surface area contributed by atoms with E-state index in [2.05, 4.69) is 10.0 Å². The summed E-state index contributed by atoms with van der Waals surface area (Å²) in [6.07, 6.45) is 0.581. The van der Waals surface area contributed by atoms with Gasteiger partial charge in [0.25, 0.3) is 0 Å². The fourth-order valence-corrected chi connectivity index (χ4v) is 1.08. The fourth-order valence-electron chi connectivity index (χ4n) is 1.08. The van der Waals surface area contributed by atoms with E-state index in [1.54, 1.807) is 12.1 Å². The Morgan fingerprint density at radius 1 is 1.53 bits per heavy atom. The van der Waals surface area contributed by atoms with Gasteiger partial charge >= 0.3 is 0 Å². The highest BCUT2D eigenvalue weighted by atomic mass is 19.1. The number of azide groups is 1. The normalized spacial score (nSPS) is 9.47. The van der Waals surface area contributed by atoms with Crippen molar-refractivity contribution < 1.29 is 9.13 Å². The molecule has 0 aromatic heterocycles. The van der Waals surface area contributed by atoms with E-state index in [0.29, 0.717) is 19.6 Å². The van der Waals surface area contributed by atoms with Gasteiger partial charge in [0.2, 0.25) is 0 Å². The standard InChI is InChI=1S/C10H12FN3O/c1-8-3-4-9(11)10(7-8)15-6-2-5-13-14-12/h3-4,7H,2,5-6H2,1H3. The monoisotopic (exact) mass is 209 g/mol. The van der Waals surface area contributed by atoms with Gasteiger partial charge in [0, 0.05) is 11.5 Å². The molecule has 1 aromatic rings. The van der Waals surface area contributed by atoms with Gasteiger partial charge in [-0.25, -0.2) is 4.39 Å². The first kappa shape index (κ1) is 11.3. The maximum atomic E-state index is 13.1. The quantitative estimate of drug-likeness (QED) is 0.318. The highest BCUT2D eigenvalue weighted by Crippen LogP contribution is 2.18. The molecule has 5 heteroatoms. The number of halogens is 1. The molecule has 0 heterocycles. The molecule has 0 bridgehead atoms. The summed E-state index contributed by atoms with van der Waals surface area (Å²) >= 11 is 0. The van der Waals surface area contributed by atoms with Crippen LogP contribution in [0.15, 0.2) is 23.3 Å². The zero-order valence-corrected chi connectivity index (χ0v) is 8.48. The summed E-state index contributed by atoms with van der Waals surface area (Å²) in [5, 5.41) is 3.35. The average Bonchev–Trinajstić information content (AvgIpc) is 2.23. The zero-order chi connectivity index (χ0) is 11.1. The van der Waals surface area contributed by atoms with Crippen molar-refractivity contribution in [1.82, 2.24) is 0 Å².